The quantitative estimate of drug-likeness (QED) is 0.787. The summed E-state index contributed by atoms with van der Waals surface area (Å²) >= 11 is 0. The van der Waals surface area contributed by atoms with Crippen molar-refractivity contribution in [3.05, 3.63) is 48.3 Å². The standard InChI is InChI=1S/C14H11F4NO/c15-7-12-4-1-11(8-19-12)10-2-5-13(6-3-10)20-9-14(16,17)18/h1-6,8H,7,9H2. The van der Waals surface area contributed by atoms with E-state index in [4.69, 9.17) is 0 Å². The van der Waals surface area contributed by atoms with Gasteiger partial charge in [-0.3, -0.25) is 4.98 Å². The predicted octanol–water partition coefficient (Wildman–Crippen LogP) is 4.16. The molecule has 0 spiro atoms. The fourth-order valence-electron chi connectivity index (χ4n) is 1.58. The van der Waals surface area contributed by atoms with Gasteiger partial charge in [0, 0.05) is 11.8 Å². The molecule has 0 radical (unpaired) electrons. The van der Waals surface area contributed by atoms with E-state index in [2.05, 4.69) is 9.72 Å². The van der Waals surface area contributed by atoms with Gasteiger partial charge in [0.1, 0.15) is 12.4 Å². The molecule has 2 rings (SSSR count). The number of halogens is 4. The van der Waals surface area contributed by atoms with E-state index in [-0.39, 0.29) is 5.75 Å². The van der Waals surface area contributed by atoms with E-state index in [1.165, 1.54) is 18.3 Å². The number of alkyl halides is 4. The molecule has 0 fully saturated rings. The summed E-state index contributed by atoms with van der Waals surface area (Å²) in [5.74, 6) is 0.138. The molecule has 1 heterocycles. The van der Waals surface area contributed by atoms with E-state index in [9.17, 15) is 17.6 Å². The summed E-state index contributed by atoms with van der Waals surface area (Å²) in [6.45, 7) is -1.95. The minimum absolute atomic E-state index is 0.138. The van der Waals surface area contributed by atoms with Crippen LogP contribution < -0.4 is 4.74 Å². The molecule has 20 heavy (non-hydrogen) atoms. The highest BCUT2D eigenvalue weighted by atomic mass is 19.4. The third kappa shape index (κ3) is 3.94. The van der Waals surface area contributed by atoms with Crippen molar-refractivity contribution >= 4 is 0 Å². The smallest absolute Gasteiger partial charge is 0.422 e. The largest absolute Gasteiger partial charge is 0.484 e. The van der Waals surface area contributed by atoms with Crippen molar-refractivity contribution in [2.45, 2.75) is 12.9 Å². The minimum atomic E-state index is -4.36. The second-order valence-corrected chi connectivity index (χ2v) is 4.10. The van der Waals surface area contributed by atoms with E-state index < -0.39 is 19.5 Å². The Bertz CT molecular complexity index is 549. The molecule has 2 nitrogen and oxygen atoms in total. The van der Waals surface area contributed by atoms with Crippen molar-refractivity contribution in [3.63, 3.8) is 0 Å². The maximum Gasteiger partial charge on any atom is 0.422 e. The molecular formula is C14H11F4NO. The van der Waals surface area contributed by atoms with Crippen molar-refractivity contribution in [1.82, 2.24) is 4.98 Å². The Labute approximate surface area is 113 Å². The molecule has 0 bridgehead atoms. The van der Waals surface area contributed by atoms with Gasteiger partial charge in [0.15, 0.2) is 6.61 Å². The summed E-state index contributed by atoms with van der Waals surface area (Å²) in [4.78, 5) is 3.91. The van der Waals surface area contributed by atoms with Gasteiger partial charge in [0.05, 0.1) is 5.69 Å². The van der Waals surface area contributed by atoms with Gasteiger partial charge in [0.25, 0.3) is 0 Å². The molecule has 6 heteroatoms. The lowest BCUT2D eigenvalue weighted by Crippen LogP contribution is -2.19. The molecule has 0 unspecified atom stereocenters. The predicted molar refractivity (Wildman–Crippen MR) is 66.0 cm³/mol. The van der Waals surface area contributed by atoms with Crippen LogP contribution in [0.15, 0.2) is 42.6 Å². The molecule has 0 aliphatic rings. The number of pyridine rings is 1. The van der Waals surface area contributed by atoms with Gasteiger partial charge in [-0.1, -0.05) is 18.2 Å². The molecule has 0 atom stereocenters. The molecule has 0 N–H and O–H groups in total. The summed E-state index contributed by atoms with van der Waals surface area (Å²) in [5, 5.41) is 0. The molecule has 0 saturated heterocycles. The summed E-state index contributed by atoms with van der Waals surface area (Å²) in [5.41, 5.74) is 1.85. The van der Waals surface area contributed by atoms with E-state index in [1.807, 2.05) is 0 Å². The maximum atomic E-state index is 12.3. The van der Waals surface area contributed by atoms with E-state index in [1.54, 1.807) is 24.3 Å². The van der Waals surface area contributed by atoms with E-state index >= 15 is 0 Å². The van der Waals surface area contributed by atoms with Gasteiger partial charge < -0.3 is 4.74 Å². The highest BCUT2D eigenvalue weighted by Crippen LogP contribution is 2.23. The maximum absolute atomic E-state index is 12.3. The van der Waals surface area contributed by atoms with Crippen LogP contribution >= 0.6 is 0 Å². The normalized spacial score (nSPS) is 11.4. The monoisotopic (exact) mass is 285 g/mol. The van der Waals surface area contributed by atoms with Crippen LogP contribution in [-0.4, -0.2) is 17.8 Å². The Morgan fingerprint density at radius 2 is 1.60 bits per heavy atom. The van der Waals surface area contributed by atoms with Gasteiger partial charge in [-0.25, -0.2) is 4.39 Å². The number of rotatable bonds is 4. The Kier molecular flexibility index (Phi) is 4.22. The lowest BCUT2D eigenvalue weighted by Gasteiger charge is -2.09. The zero-order valence-corrected chi connectivity index (χ0v) is 10.3. The summed E-state index contributed by atoms with van der Waals surface area (Å²) in [7, 11) is 0. The second-order valence-electron chi connectivity index (χ2n) is 4.10. The van der Waals surface area contributed by atoms with Crippen LogP contribution in [0.5, 0.6) is 5.75 Å². The third-order valence-electron chi connectivity index (χ3n) is 2.55. The lowest BCUT2D eigenvalue weighted by atomic mass is 10.1. The second kappa shape index (κ2) is 5.90. The number of ether oxygens (including phenoxy) is 1. The number of hydrogen-bond acceptors (Lipinski definition) is 2. The topological polar surface area (TPSA) is 22.1 Å². The number of benzene rings is 1. The highest BCUT2D eigenvalue weighted by molar-refractivity contribution is 5.63. The fraction of sp³-hybridized carbons (Fsp3) is 0.214. The first-order chi connectivity index (χ1) is 9.48. The zero-order chi connectivity index (χ0) is 14.6. The summed E-state index contributed by atoms with van der Waals surface area (Å²) in [6.07, 6.45) is -2.84. The summed E-state index contributed by atoms with van der Waals surface area (Å²) < 4.78 is 52.9. The first kappa shape index (κ1) is 14.3. The van der Waals surface area contributed by atoms with Crippen LogP contribution in [0, 0.1) is 0 Å². The fourth-order valence-corrected chi connectivity index (χ4v) is 1.58. The highest BCUT2D eigenvalue weighted by Gasteiger charge is 2.28. The van der Waals surface area contributed by atoms with Gasteiger partial charge >= 0.3 is 6.18 Å². The lowest BCUT2D eigenvalue weighted by molar-refractivity contribution is -0.153. The van der Waals surface area contributed by atoms with Crippen molar-refractivity contribution in [3.8, 4) is 16.9 Å². The van der Waals surface area contributed by atoms with Crippen LogP contribution in [0.25, 0.3) is 11.1 Å². The van der Waals surface area contributed by atoms with Crippen molar-refractivity contribution < 1.29 is 22.3 Å². The molecule has 0 amide bonds. The minimum Gasteiger partial charge on any atom is -0.484 e. The van der Waals surface area contributed by atoms with Crippen molar-refractivity contribution in [2.75, 3.05) is 6.61 Å². The molecule has 0 aliphatic carbocycles. The van der Waals surface area contributed by atoms with Gasteiger partial charge in [-0.2, -0.15) is 13.2 Å². The van der Waals surface area contributed by atoms with E-state index in [0.717, 1.165) is 11.1 Å². The molecule has 0 aliphatic heterocycles. The Morgan fingerprint density at radius 3 is 2.10 bits per heavy atom. The Balaban J connectivity index is 2.07. The van der Waals surface area contributed by atoms with Crippen LogP contribution in [0.2, 0.25) is 0 Å². The summed E-state index contributed by atoms with van der Waals surface area (Å²) in [6, 6.07) is 9.40. The molecule has 1 aromatic heterocycles. The Hall–Kier alpha value is -2.11. The van der Waals surface area contributed by atoms with Gasteiger partial charge in [-0.15, -0.1) is 0 Å². The Morgan fingerprint density at radius 1 is 0.950 bits per heavy atom. The molecule has 106 valence electrons. The zero-order valence-electron chi connectivity index (χ0n) is 10.3. The molecule has 1 aromatic carbocycles. The van der Waals surface area contributed by atoms with E-state index in [0.29, 0.717) is 5.69 Å². The van der Waals surface area contributed by atoms with Gasteiger partial charge in [0.2, 0.25) is 0 Å². The molecule has 2 aromatic rings. The average molecular weight is 285 g/mol. The van der Waals surface area contributed by atoms with Crippen molar-refractivity contribution in [2.24, 2.45) is 0 Å². The average Bonchev–Trinajstić information content (AvgIpc) is 2.45. The number of nitrogens with zero attached hydrogens (tertiary/aromatic N) is 1. The van der Waals surface area contributed by atoms with Crippen LogP contribution in [-0.2, 0) is 6.67 Å². The van der Waals surface area contributed by atoms with Gasteiger partial charge in [-0.05, 0) is 23.8 Å². The molecular weight excluding hydrogens is 274 g/mol. The van der Waals surface area contributed by atoms with Crippen LogP contribution in [0.3, 0.4) is 0 Å². The first-order valence-corrected chi connectivity index (χ1v) is 5.79. The number of hydrogen-bond donors (Lipinski definition) is 0. The first-order valence-electron chi connectivity index (χ1n) is 5.79. The van der Waals surface area contributed by atoms with Crippen LogP contribution in [0.1, 0.15) is 5.69 Å². The molecule has 0 saturated carbocycles. The number of aromatic nitrogens is 1. The van der Waals surface area contributed by atoms with Crippen LogP contribution in [0.4, 0.5) is 17.6 Å². The van der Waals surface area contributed by atoms with Crippen molar-refractivity contribution in [1.29, 1.82) is 0 Å². The SMILES string of the molecule is FCc1ccc(-c2ccc(OCC(F)(F)F)cc2)cn1. The third-order valence-corrected chi connectivity index (χ3v) is 2.55.